The van der Waals surface area contributed by atoms with Gasteiger partial charge in [-0.15, -0.1) is 11.3 Å². The Morgan fingerprint density at radius 3 is 2.83 bits per heavy atom. The van der Waals surface area contributed by atoms with Gasteiger partial charge in [0.25, 0.3) is 0 Å². The lowest BCUT2D eigenvalue weighted by Crippen LogP contribution is -2.33. The lowest BCUT2D eigenvalue weighted by Gasteiger charge is -2.35. The zero-order chi connectivity index (χ0) is 19.4. The molecule has 29 heavy (non-hydrogen) atoms. The summed E-state index contributed by atoms with van der Waals surface area (Å²) in [6.07, 6.45) is 2.90. The first-order valence-electron chi connectivity index (χ1n) is 9.73. The second kappa shape index (κ2) is 6.39. The molecule has 0 fully saturated rings. The van der Waals surface area contributed by atoms with Gasteiger partial charge in [0.2, 0.25) is 5.95 Å². The highest BCUT2D eigenvalue weighted by atomic mass is 32.1. The second-order valence-corrected chi connectivity index (χ2v) is 8.54. The van der Waals surface area contributed by atoms with E-state index in [4.69, 9.17) is 0 Å². The van der Waals surface area contributed by atoms with Gasteiger partial charge in [0.15, 0.2) is 5.78 Å². The molecule has 0 radical (unpaired) electrons. The van der Waals surface area contributed by atoms with Gasteiger partial charge in [-0.05, 0) is 34.2 Å². The Kier molecular flexibility index (Phi) is 3.67. The normalized spacial score (nSPS) is 21.0. The van der Waals surface area contributed by atoms with E-state index >= 15 is 0 Å². The Bertz CT molecular complexity index is 1270. The molecule has 0 saturated carbocycles. The summed E-state index contributed by atoms with van der Waals surface area (Å²) in [5, 5.41) is 12.3. The van der Waals surface area contributed by atoms with Gasteiger partial charge in [-0.1, -0.05) is 48.5 Å². The first kappa shape index (κ1) is 16.7. The van der Waals surface area contributed by atoms with Gasteiger partial charge >= 0.3 is 0 Å². The van der Waals surface area contributed by atoms with E-state index in [2.05, 4.69) is 63.2 Å². The summed E-state index contributed by atoms with van der Waals surface area (Å²) < 4.78 is 1.85. The first-order valence-corrected chi connectivity index (χ1v) is 10.6. The number of carbonyl (C=O) groups is 1. The molecule has 2 aliphatic rings. The van der Waals surface area contributed by atoms with Crippen LogP contribution in [0.4, 0.5) is 5.95 Å². The number of ketones is 1. The minimum absolute atomic E-state index is 0.191. The van der Waals surface area contributed by atoms with Crippen molar-refractivity contribution in [3.63, 3.8) is 0 Å². The number of anilines is 1. The van der Waals surface area contributed by atoms with Crippen LogP contribution in [-0.2, 0) is 4.79 Å². The highest BCUT2D eigenvalue weighted by Gasteiger charge is 2.39. The van der Waals surface area contributed by atoms with Crippen LogP contribution in [-0.4, -0.2) is 20.5 Å². The number of nitrogens with zero attached hydrogens (tertiary/aromatic N) is 3. The third-order valence-corrected chi connectivity index (χ3v) is 6.96. The van der Waals surface area contributed by atoms with Crippen LogP contribution in [0.3, 0.4) is 0 Å². The van der Waals surface area contributed by atoms with Gasteiger partial charge in [0.1, 0.15) is 12.4 Å². The molecule has 0 bridgehead atoms. The summed E-state index contributed by atoms with van der Waals surface area (Å²) in [6.45, 7) is 0. The van der Waals surface area contributed by atoms with Crippen molar-refractivity contribution in [1.29, 1.82) is 0 Å². The largest absolute Gasteiger partial charge is 0.328 e. The third-order valence-electron chi connectivity index (χ3n) is 5.93. The lowest BCUT2D eigenvalue weighted by molar-refractivity contribution is -0.116. The molecule has 6 heteroatoms. The van der Waals surface area contributed by atoms with Crippen LogP contribution in [0.1, 0.15) is 35.2 Å². The van der Waals surface area contributed by atoms with E-state index in [0.717, 1.165) is 34.0 Å². The smallest absolute Gasteiger partial charge is 0.226 e. The summed E-state index contributed by atoms with van der Waals surface area (Å²) in [6, 6.07) is 18.5. The average molecular weight is 398 g/mol. The summed E-state index contributed by atoms with van der Waals surface area (Å²) in [5.41, 5.74) is 2.90. The van der Waals surface area contributed by atoms with E-state index < -0.39 is 0 Å². The van der Waals surface area contributed by atoms with Crippen molar-refractivity contribution < 1.29 is 4.79 Å². The van der Waals surface area contributed by atoms with Crippen LogP contribution in [0.2, 0.25) is 0 Å². The van der Waals surface area contributed by atoms with E-state index in [1.165, 1.54) is 4.88 Å². The number of carbonyl (C=O) groups excluding carboxylic acids is 1. The molecule has 4 aromatic rings. The topological polar surface area (TPSA) is 59.8 Å². The van der Waals surface area contributed by atoms with Gasteiger partial charge in [-0.2, -0.15) is 10.1 Å². The van der Waals surface area contributed by atoms with Crippen LogP contribution >= 0.6 is 11.3 Å². The molecular formula is C23H18N4OS. The molecule has 0 spiro atoms. The Balaban J connectivity index is 1.55. The Morgan fingerprint density at radius 1 is 1.03 bits per heavy atom. The summed E-state index contributed by atoms with van der Waals surface area (Å²) in [7, 11) is 0. The number of aromatic nitrogens is 3. The number of allylic oxidation sites excluding steroid dienone is 2. The molecule has 1 N–H and O–H groups in total. The SMILES string of the molecule is O=C1C[C@@H](c2cccs2)CC2=C1[C@H](c1cccc3ccccc13)n1ncnc1N2. The van der Waals surface area contributed by atoms with Crippen LogP contribution in [0.15, 0.2) is 77.6 Å². The average Bonchev–Trinajstić information content (AvgIpc) is 3.44. The minimum Gasteiger partial charge on any atom is -0.328 e. The molecule has 0 saturated heterocycles. The zero-order valence-corrected chi connectivity index (χ0v) is 16.4. The van der Waals surface area contributed by atoms with Gasteiger partial charge < -0.3 is 5.32 Å². The summed E-state index contributed by atoms with van der Waals surface area (Å²) in [4.78, 5) is 19.1. The predicted molar refractivity (Wildman–Crippen MR) is 114 cm³/mol. The van der Waals surface area contributed by atoms with E-state index in [1.54, 1.807) is 17.7 Å². The van der Waals surface area contributed by atoms with Crippen LogP contribution in [0, 0.1) is 0 Å². The molecule has 1 aliphatic carbocycles. The molecular weight excluding hydrogens is 380 g/mol. The second-order valence-electron chi connectivity index (χ2n) is 7.56. The molecule has 2 aromatic carbocycles. The van der Waals surface area contributed by atoms with E-state index in [0.29, 0.717) is 12.4 Å². The fourth-order valence-corrected chi connectivity index (χ4v) is 5.48. The fraction of sp³-hybridized carbons (Fsp3) is 0.174. The quantitative estimate of drug-likeness (QED) is 0.521. The molecule has 2 atom stereocenters. The van der Waals surface area contributed by atoms with Crippen molar-refractivity contribution in [3.05, 3.63) is 88.0 Å². The summed E-state index contributed by atoms with van der Waals surface area (Å²) >= 11 is 1.72. The summed E-state index contributed by atoms with van der Waals surface area (Å²) in [5.74, 6) is 1.11. The van der Waals surface area contributed by atoms with Gasteiger partial charge in [-0.25, -0.2) is 4.68 Å². The van der Waals surface area contributed by atoms with Crippen molar-refractivity contribution in [3.8, 4) is 0 Å². The third kappa shape index (κ3) is 2.56. The van der Waals surface area contributed by atoms with Crippen molar-refractivity contribution in [2.45, 2.75) is 24.8 Å². The van der Waals surface area contributed by atoms with Crippen molar-refractivity contribution in [2.24, 2.45) is 0 Å². The van der Waals surface area contributed by atoms with Gasteiger partial charge in [-0.3, -0.25) is 4.79 Å². The number of nitrogens with one attached hydrogen (secondary N) is 1. The minimum atomic E-state index is -0.258. The number of fused-ring (bicyclic) bond motifs is 2. The predicted octanol–water partition coefficient (Wildman–Crippen LogP) is 4.91. The Labute approximate surface area is 171 Å². The molecule has 5 nitrogen and oxygen atoms in total. The maximum atomic E-state index is 13.4. The maximum absolute atomic E-state index is 13.4. The number of thiophene rings is 1. The molecule has 2 aromatic heterocycles. The maximum Gasteiger partial charge on any atom is 0.226 e. The highest BCUT2D eigenvalue weighted by Crippen LogP contribution is 2.45. The van der Waals surface area contributed by atoms with E-state index in [-0.39, 0.29) is 17.7 Å². The van der Waals surface area contributed by atoms with Crippen molar-refractivity contribution >= 4 is 33.8 Å². The molecule has 142 valence electrons. The number of hydrogen-bond acceptors (Lipinski definition) is 5. The van der Waals surface area contributed by atoms with Crippen LogP contribution in [0.25, 0.3) is 10.8 Å². The molecule has 0 amide bonds. The number of hydrogen-bond donors (Lipinski definition) is 1. The first-order chi connectivity index (χ1) is 14.3. The van der Waals surface area contributed by atoms with Crippen LogP contribution in [0.5, 0.6) is 0 Å². The molecule has 0 unspecified atom stereocenters. The van der Waals surface area contributed by atoms with Crippen molar-refractivity contribution in [1.82, 2.24) is 14.8 Å². The Hall–Kier alpha value is -3.25. The Morgan fingerprint density at radius 2 is 1.93 bits per heavy atom. The van der Waals surface area contributed by atoms with Crippen molar-refractivity contribution in [2.75, 3.05) is 5.32 Å². The van der Waals surface area contributed by atoms with Crippen LogP contribution < -0.4 is 5.32 Å². The van der Waals surface area contributed by atoms with E-state index in [1.807, 2.05) is 16.8 Å². The molecule has 6 rings (SSSR count). The highest BCUT2D eigenvalue weighted by molar-refractivity contribution is 7.10. The monoisotopic (exact) mass is 398 g/mol. The number of benzene rings is 2. The van der Waals surface area contributed by atoms with Gasteiger partial charge in [0.05, 0.1) is 0 Å². The number of rotatable bonds is 2. The molecule has 3 heterocycles. The fourth-order valence-electron chi connectivity index (χ4n) is 4.65. The zero-order valence-electron chi connectivity index (χ0n) is 15.6. The lowest BCUT2D eigenvalue weighted by atomic mass is 9.79. The van der Waals surface area contributed by atoms with Gasteiger partial charge in [0, 0.05) is 28.5 Å². The van der Waals surface area contributed by atoms with E-state index in [9.17, 15) is 4.79 Å². The standard InChI is InChI=1S/C23H18N4OS/c28-19-12-15(20-9-4-10-29-20)11-18-21(19)22(27-23(26-18)24-13-25-27)17-8-3-6-14-5-1-2-7-16(14)17/h1-10,13,15,22H,11-12H2,(H,24,25,26)/t15-,22-/m0/s1. The number of Topliss-reactive ketones (excluding diaryl/α,β-unsaturated/α-hetero) is 1. The molecule has 1 aliphatic heterocycles.